The Kier molecular flexibility index (Phi) is 5.97. The summed E-state index contributed by atoms with van der Waals surface area (Å²) in [6.07, 6.45) is -0.120. The predicted molar refractivity (Wildman–Crippen MR) is 85.9 cm³/mol. The lowest BCUT2D eigenvalue weighted by Gasteiger charge is -2.18. The van der Waals surface area contributed by atoms with Crippen molar-refractivity contribution < 1.29 is 18.7 Å². The fourth-order valence-electron chi connectivity index (χ4n) is 2.14. The molecule has 0 saturated heterocycles. The molecule has 1 atom stereocenters. The van der Waals surface area contributed by atoms with E-state index in [1.165, 1.54) is 24.3 Å². The molecule has 122 valence electrons. The van der Waals surface area contributed by atoms with Gasteiger partial charge in [0.1, 0.15) is 17.3 Å². The number of halogens is 1. The van der Waals surface area contributed by atoms with Crippen molar-refractivity contribution in [3.05, 3.63) is 59.9 Å². The largest absolute Gasteiger partial charge is 0.496 e. The van der Waals surface area contributed by atoms with Gasteiger partial charge in [0.15, 0.2) is 6.10 Å². The molecule has 0 radical (unpaired) electrons. The van der Waals surface area contributed by atoms with Gasteiger partial charge in [0.25, 0.3) is 5.91 Å². The van der Waals surface area contributed by atoms with Crippen LogP contribution >= 0.6 is 0 Å². The third-order valence-electron chi connectivity index (χ3n) is 3.40. The average Bonchev–Trinajstić information content (AvgIpc) is 2.59. The summed E-state index contributed by atoms with van der Waals surface area (Å²) in [5.41, 5.74) is 0.889. The van der Waals surface area contributed by atoms with Crippen LogP contribution in [0, 0.1) is 5.82 Å². The third-order valence-corrected chi connectivity index (χ3v) is 3.40. The van der Waals surface area contributed by atoms with Gasteiger partial charge in [-0.05, 0) is 36.8 Å². The highest BCUT2D eigenvalue weighted by molar-refractivity contribution is 5.81. The number of benzene rings is 2. The van der Waals surface area contributed by atoms with Crippen LogP contribution in [-0.2, 0) is 11.3 Å². The predicted octanol–water partition coefficient (Wildman–Crippen LogP) is 3.31. The molecule has 1 N–H and O–H groups in total. The Hall–Kier alpha value is -2.56. The summed E-state index contributed by atoms with van der Waals surface area (Å²) < 4.78 is 23.8. The van der Waals surface area contributed by atoms with Crippen LogP contribution in [0.5, 0.6) is 11.5 Å². The summed E-state index contributed by atoms with van der Waals surface area (Å²) in [6, 6.07) is 13.1. The van der Waals surface area contributed by atoms with Crippen LogP contribution in [0.25, 0.3) is 0 Å². The normalized spacial score (nSPS) is 11.6. The van der Waals surface area contributed by atoms with Gasteiger partial charge in [-0.2, -0.15) is 0 Å². The second kappa shape index (κ2) is 8.17. The number of nitrogens with one attached hydrogen (secondary N) is 1. The lowest BCUT2D eigenvalue weighted by Crippen LogP contribution is -2.37. The monoisotopic (exact) mass is 317 g/mol. The molecule has 0 spiro atoms. The van der Waals surface area contributed by atoms with Gasteiger partial charge in [0, 0.05) is 12.1 Å². The lowest BCUT2D eigenvalue weighted by molar-refractivity contribution is -0.128. The first-order valence-electron chi connectivity index (χ1n) is 7.46. The Morgan fingerprint density at radius 3 is 2.52 bits per heavy atom. The van der Waals surface area contributed by atoms with Crippen LogP contribution in [0.1, 0.15) is 18.9 Å². The smallest absolute Gasteiger partial charge is 0.261 e. The van der Waals surface area contributed by atoms with Gasteiger partial charge in [0.2, 0.25) is 0 Å². The summed E-state index contributed by atoms with van der Waals surface area (Å²) in [5, 5.41) is 2.84. The van der Waals surface area contributed by atoms with Crippen molar-refractivity contribution in [2.45, 2.75) is 26.0 Å². The molecule has 0 fully saturated rings. The summed E-state index contributed by atoms with van der Waals surface area (Å²) in [6.45, 7) is 2.21. The minimum absolute atomic E-state index is 0.220. The topological polar surface area (TPSA) is 47.6 Å². The Bertz CT molecular complexity index is 643. The third kappa shape index (κ3) is 4.71. The van der Waals surface area contributed by atoms with Gasteiger partial charge >= 0.3 is 0 Å². The van der Waals surface area contributed by atoms with E-state index in [-0.39, 0.29) is 11.7 Å². The van der Waals surface area contributed by atoms with Crippen molar-refractivity contribution in [1.82, 2.24) is 5.32 Å². The van der Waals surface area contributed by atoms with E-state index in [4.69, 9.17) is 9.47 Å². The quantitative estimate of drug-likeness (QED) is 0.852. The SMILES string of the molecule is CC[C@H](Oc1ccc(F)cc1)C(=O)NCc1ccccc1OC. The van der Waals surface area contributed by atoms with Crippen molar-refractivity contribution in [1.29, 1.82) is 0 Å². The summed E-state index contributed by atoms with van der Waals surface area (Å²) in [7, 11) is 1.59. The Labute approximate surface area is 135 Å². The zero-order chi connectivity index (χ0) is 16.7. The van der Waals surface area contributed by atoms with Crippen LogP contribution in [0.2, 0.25) is 0 Å². The number of hydrogen-bond acceptors (Lipinski definition) is 3. The fourth-order valence-corrected chi connectivity index (χ4v) is 2.14. The van der Waals surface area contributed by atoms with Gasteiger partial charge in [-0.25, -0.2) is 4.39 Å². The van der Waals surface area contributed by atoms with Gasteiger partial charge in [-0.1, -0.05) is 25.1 Å². The molecule has 0 aliphatic rings. The maximum Gasteiger partial charge on any atom is 0.261 e. The second-order valence-corrected chi connectivity index (χ2v) is 5.00. The number of amides is 1. The Morgan fingerprint density at radius 1 is 1.17 bits per heavy atom. The molecule has 4 nitrogen and oxygen atoms in total. The molecule has 2 aromatic carbocycles. The molecule has 0 aliphatic carbocycles. The van der Waals surface area contributed by atoms with Gasteiger partial charge < -0.3 is 14.8 Å². The highest BCUT2D eigenvalue weighted by Gasteiger charge is 2.18. The second-order valence-electron chi connectivity index (χ2n) is 5.00. The Balaban J connectivity index is 1.96. The van der Waals surface area contributed by atoms with E-state index < -0.39 is 6.10 Å². The maximum atomic E-state index is 12.9. The maximum absolute atomic E-state index is 12.9. The van der Waals surface area contributed by atoms with Gasteiger partial charge in [-0.15, -0.1) is 0 Å². The van der Waals surface area contributed by atoms with E-state index in [0.29, 0.717) is 18.7 Å². The van der Waals surface area contributed by atoms with Gasteiger partial charge in [0.05, 0.1) is 7.11 Å². The highest BCUT2D eigenvalue weighted by Crippen LogP contribution is 2.17. The number of hydrogen-bond donors (Lipinski definition) is 1. The number of carbonyl (C=O) groups excluding carboxylic acids is 1. The minimum atomic E-state index is -0.629. The van der Waals surface area contributed by atoms with Crippen LogP contribution in [0.15, 0.2) is 48.5 Å². The van der Waals surface area contributed by atoms with Crippen LogP contribution in [-0.4, -0.2) is 19.1 Å². The van der Waals surface area contributed by atoms with E-state index in [9.17, 15) is 9.18 Å². The first kappa shape index (κ1) is 16.8. The van der Waals surface area contributed by atoms with Crippen molar-refractivity contribution in [3.63, 3.8) is 0 Å². The molecule has 0 aromatic heterocycles. The van der Waals surface area contributed by atoms with Crippen molar-refractivity contribution >= 4 is 5.91 Å². The molecule has 0 bridgehead atoms. The number of para-hydroxylation sites is 1. The molecular formula is C18H20FNO3. The molecule has 23 heavy (non-hydrogen) atoms. The van der Waals surface area contributed by atoms with E-state index >= 15 is 0 Å². The van der Waals surface area contributed by atoms with E-state index in [1.54, 1.807) is 7.11 Å². The first-order valence-corrected chi connectivity index (χ1v) is 7.46. The molecule has 0 saturated carbocycles. The Morgan fingerprint density at radius 2 is 1.87 bits per heavy atom. The lowest BCUT2D eigenvalue weighted by atomic mass is 10.2. The number of ether oxygens (including phenoxy) is 2. The average molecular weight is 317 g/mol. The van der Waals surface area contributed by atoms with Crippen molar-refractivity contribution in [2.75, 3.05) is 7.11 Å². The summed E-state index contributed by atoms with van der Waals surface area (Å²) >= 11 is 0. The fraction of sp³-hybridized carbons (Fsp3) is 0.278. The minimum Gasteiger partial charge on any atom is -0.496 e. The molecule has 0 heterocycles. The molecule has 5 heteroatoms. The van der Waals surface area contributed by atoms with Crippen LogP contribution in [0.4, 0.5) is 4.39 Å². The number of rotatable bonds is 7. The van der Waals surface area contributed by atoms with Crippen molar-refractivity contribution in [2.24, 2.45) is 0 Å². The van der Waals surface area contributed by atoms with Crippen LogP contribution < -0.4 is 14.8 Å². The van der Waals surface area contributed by atoms with E-state index in [0.717, 1.165) is 11.3 Å². The van der Waals surface area contributed by atoms with E-state index in [1.807, 2.05) is 31.2 Å². The highest BCUT2D eigenvalue weighted by atomic mass is 19.1. The van der Waals surface area contributed by atoms with Gasteiger partial charge in [-0.3, -0.25) is 4.79 Å². The standard InChI is InChI=1S/C18H20FNO3/c1-3-16(23-15-10-8-14(19)9-11-15)18(21)20-12-13-6-4-5-7-17(13)22-2/h4-11,16H,3,12H2,1-2H3,(H,20,21)/t16-/m0/s1. The molecule has 0 unspecified atom stereocenters. The summed E-state index contributed by atoms with van der Waals surface area (Å²) in [4.78, 5) is 12.3. The number of carbonyl (C=O) groups is 1. The number of methoxy groups -OCH3 is 1. The molecule has 0 aliphatic heterocycles. The molecule has 1 amide bonds. The summed E-state index contributed by atoms with van der Waals surface area (Å²) in [5.74, 6) is 0.625. The van der Waals surface area contributed by atoms with E-state index in [2.05, 4.69) is 5.32 Å². The molecule has 2 aromatic rings. The molecular weight excluding hydrogens is 297 g/mol. The zero-order valence-corrected chi connectivity index (χ0v) is 13.2. The van der Waals surface area contributed by atoms with Crippen LogP contribution in [0.3, 0.4) is 0 Å². The van der Waals surface area contributed by atoms with Crippen molar-refractivity contribution in [3.8, 4) is 11.5 Å². The molecule has 2 rings (SSSR count). The zero-order valence-electron chi connectivity index (χ0n) is 13.2. The first-order chi connectivity index (χ1) is 11.1.